The number of hydrogen-bond donors (Lipinski definition) is 1. The minimum absolute atomic E-state index is 0.651. The molecule has 1 N–H and O–H groups in total. The molecule has 0 unspecified atom stereocenters. The SMILES string of the molecule is COc1ccc(OCCN[C@@H]2CCC[C@@H](C)[C@@H]2C)cc1. The molecule has 1 aliphatic carbocycles. The van der Waals surface area contributed by atoms with Crippen molar-refractivity contribution in [1.82, 2.24) is 5.32 Å². The van der Waals surface area contributed by atoms with Crippen molar-refractivity contribution in [2.75, 3.05) is 20.3 Å². The summed E-state index contributed by atoms with van der Waals surface area (Å²) >= 11 is 0. The minimum Gasteiger partial charge on any atom is -0.497 e. The van der Waals surface area contributed by atoms with Gasteiger partial charge in [-0.1, -0.05) is 26.7 Å². The van der Waals surface area contributed by atoms with Gasteiger partial charge in [-0.05, 0) is 42.5 Å². The largest absolute Gasteiger partial charge is 0.497 e. The Bertz CT molecular complexity index is 390. The van der Waals surface area contributed by atoms with Crippen LogP contribution < -0.4 is 14.8 Å². The van der Waals surface area contributed by atoms with E-state index in [0.29, 0.717) is 12.6 Å². The molecule has 112 valence electrons. The van der Waals surface area contributed by atoms with E-state index in [9.17, 15) is 0 Å². The van der Waals surface area contributed by atoms with Crippen LogP contribution in [0.2, 0.25) is 0 Å². The highest BCUT2D eigenvalue weighted by Crippen LogP contribution is 2.29. The molecule has 1 aromatic carbocycles. The van der Waals surface area contributed by atoms with Gasteiger partial charge >= 0.3 is 0 Å². The molecule has 3 atom stereocenters. The van der Waals surface area contributed by atoms with Crippen LogP contribution in [0, 0.1) is 11.8 Å². The third-order valence-electron chi connectivity index (χ3n) is 4.54. The lowest BCUT2D eigenvalue weighted by molar-refractivity contribution is 0.197. The summed E-state index contributed by atoms with van der Waals surface area (Å²) in [6.07, 6.45) is 4.03. The van der Waals surface area contributed by atoms with Gasteiger partial charge in [-0.15, -0.1) is 0 Å². The Morgan fingerprint density at radius 1 is 1.10 bits per heavy atom. The number of hydrogen-bond acceptors (Lipinski definition) is 3. The van der Waals surface area contributed by atoms with E-state index in [-0.39, 0.29) is 0 Å². The summed E-state index contributed by atoms with van der Waals surface area (Å²) in [6.45, 7) is 6.36. The Morgan fingerprint density at radius 2 is 1.80 bits per heavy atom. The summed E-state index contributed by atoms with van der Waals surface area (Å²) in [5.41, 5.74) is 0. The molecule has 3 heteroatoms. The molecule has 1 fully saturated rings. The fourth-order valence-corrected chi connectivity index (χ4v) is 2.96. The van der Waals surface area contributed by atoms with E-state index in [1.54, 1.807) is 7.11 Å². The first kappa shape index (κ1) is 15.2. The van der Waals surface area contributed by atoms with E-state index in [4.69, 9.17) is 9.47 Å². The summed E-state index contributed by atoms with van der Waals surface area (Å²) in [5, 5.41) is 3.64. The van der Waals surface area contributed by atoms with Crippen LogP contribution in [0.3, 0.4) is 0 Å². The van der Waals surface area contributed by atoms with E-state index in [0.717, 1.165) is 29.9 Å². The summed E-state index contributed by atoms with van der Waals surface area (Å²) in [7, 11) is 1.67. The molecule has 0 amide bonds. The second kappa shape index (κ2) is 7.53. The first-order chi connectivity index (χ1) is 9.70. The maximum atomic E-state index is 5.74. The van der Waals surface area contributed by atoms with E-state index in [1.165, 1.54) is 19.3 Å². The van der Waals surface area contributed by atoms with Crippen LogP contribution >= 0.6 is 0 Å². The Labute approximate surface area is 122 Å². The average Bonchev–Trinajstić information content (AvgIpc) is 2.48. The Hall–Kier alpha value is -1.22. The summed E-state index contributed by atoms with van der Waals surface area (Å²) in [4.78, 5) is 0. The molecule has 20 heavy (non-hydrogen) atoms. The molecule has 0 aliphatic heterocycles. The van der Waals surface area contributed by atoms with E-state index in [1.807, 2.05) is 24.3 Å². The lowest BCUT2D eigenvalue weighted by Gasteiger charge is -2.34. The molecule has 3 nitrogen and oxygen atoms in total. The van der Waals surface area contributed by atoms with Crippen LogP contribution in [0.15, 0.2) is 24.3 Å². The highest BCUT2D eigenvalue weighted by Gasteiger charge is 2.26. The molecule has 1 aliphatic rings. The highest BCUT2D eigenvalue weighted by atomic mass is 16.5. The molecular formula is C17H27NO2. The van der Waals surface area contributed by atoms with Crippen LogP contribution in [-0.2, 0) is 0 Å². The number of methoxy groups -OCH3 is 1. The molecular weight excluding hydrogens is 250 g/mol. The van der Waals surface area contributed by atoms with Gasteiger partial charge in [-0.2, -0.15) is 0 Å². The first-order valence-corrected chi connectivity index (χ1v) is 7.71. The summed E-state index contributed by atoms with van der Waals surface area (Å²) < 4.78 is 10.9. The normalized spacial score (nSPS) is 26.2. The quantitative estimate of drug-likeness (QED) is 0.807. The summed E-state index contributed by atoms with van der Waals surface area (Å²) in [6, 6.07) is 8.40. The van der Waals surface area contributed by atoms with Crippen molar-refractivity contribution < 1.29 is 9.47 Å². The Morgan fingerprint density at radius 3 is 2.50 bits per heavy atom. The van der Waals surface area contributed by atoms with Gasteiger partial charge in [-0.3, -0.25) is 0 Å². The predicted molar refractivity (Wildman–Crippen MR) is 82.5 cm³/mol. The Balaban J connectivity index is 1.68. The first-order valence-electron chi connectivity index (χ1n) is 7.71. The predicted octanol–water partition coefficient (Wildman–Crippen LogP) is 3.49. The zero-order valence-corrected chi connectivity index (χ0v) is 12.9. The number of rotatable bonds is 6. The number of nitrogens with one attached hydrogen (secondary N) is 1. The van der Waals surface area contributed by atoms with Crippen LogP contribution in [0.1, 0.15) is 33.1 Å². The van der Waals surface area contributed by atoms with Gasteiger partial charge in [0.05, 0.1) is 7.11 Å². The van der Waals surface area contributed by atoms with Gasteiger partial charge in [-0.25, -0.2) is 0 Å². The lowest BCUT2D eigenvalue weighted by atomic mass is 9.78. The molecule has 1 saturated carbocycles. The fraction of sp³-hybridized carbons (Fsp3) is 0.647. The molecule has 0 saturated heterocycles. The smallest absolute Gasteiger partial charge is 0.119 e. The van der Waals surface area contributed by atoms with E-state index in [2.05, 4.69) is 19.2 Å². The van der Waals surface area contributed by atoms with Gasteiger partial charge in [0.25, 0.3) is 0 Å². The average molecular weight is 277 g/mol. The van der Waals surface area contributed by atoms with Gasteiger partial charge in [0.2, 0.25) is 0 Å². The van der Waals surface area contributed by atoms with Gasteiger partial charge in [0.1, 0.15) is 18.1 Å². The second-order valence-corrected chi connectivity index (χ2v) is 5.85. The number of benzene rings is 1. The van der Waals surface area contributed by atoms with E-state index >= 15 is 0 Å². The van der Waals surface area contributed by atoms with Crippen molar-refractivity contribution in [3.63, 3.8) is 0 Å². The van der Waals surface area contributed by atoms with E-state index < -0.39 is 0 Å². The minimum atomic E-state index is 0.651. The topological polar surface area (TPSA) is 30.5 Å². The molecule has 2 rings (SSSR count). The third-order valence-corrected chi connectivity index (χ3v) is 4.54. The van der Waals surface area contributed by atoms with Crippen molar-refractivity contribution in [2.45, 2.75) is 39.2 Å². The molecule has 0 aromatic heterocycles. The van der Waals surface area contributed by atoms with Crippen molar-refractivity contribution in [1.29, 1.82) is 0 Å². The van der Waals surface area contributed by atoms with Crippen molar-refractivity contribution in [3.05, 3.63) is 24.3 Å². The molecule has 0 bridgehead atoms. The maximum Gasteiger partial charge on any atom is 0.119 e. The Kier molecular flexibility index (Phi) is 5.72. The summed E-state index contributed by atoms with van der Waals surface area (Å²) in [5.74, 6) is 3.37. The fourth-order valence-electron chi connectivity index (χ4n) is 2.96. The van der Waals surface area contributed by atoms with Crippen molar-refractivity contribution in [2.24, 2.45) is 11.8 Å². The second-order valence-electron chi connectivity index (χ2n) is 5.85. The number of ether oxygens (including phenoxy) is 2. The van der Waals surface area contributed by atoms with Crippen molar-refractivity contribution >= 4 is 0 Å². The van der Waals surface area contributed by atoms with Crippen LogP contribution in [-0.4, -0.2) is 26.3 Å². The maximum absolute atomic E-state index is 5.74. The third kappa shape index (κ3) is 4.14. The zero-order valence-electron chi connectivity index (χ0n) is 12.9. The van der Waals surface area contributed by atoms with Gasteiger partial charge in [0.15, 0.2) is 0 Å². The molecule has 1 aromatic rings. The van der Waals surface area contributed by atoms with Crippen LogP contribution in [0.25, 0.3) is 0 Å². The van der Waals surface area contributed by atoms with Crippen molar-refractivity contribution in [3.8, 4) is 11.5 Å². The van der Waals surface area contributed by atoms with Crippen LogP contribution in [0.4, 0.5) is 0 Å². The standard InChI is InChI=1S/C17H27NO2/c1-13-5-4-6-17(14(13)2)18-11-12-20-16-9-7-15(19-3)8-10-16/h7-10,13-14,17-18H,4-6,11-12H2,1-3H3/t13-,14+,17-/m1/s1. The highest BCUT2D eigenvalue weighted by molar-refractivity contribution is 5.31. The van der Waals surface area contributed by atoms with Gasteiger partial charge < -0.3 is 14.8 Å². The molecule has 0 radical (unpaired) electrons. The van der Waals surface area contributed by atoms with Gasteiger partial charge in [0, 0.05) is 12.6 Å². The zero-order chi connectivity index (χ0) is 14.4. The lowest BCUT2D eigenvalue weighted by Crippen LogP contribution is -2.42. The monoisotopic (exact) mass is 277 g/mol. The molecule has 0 spiro atoms. The van der Waals surface area contributed by atoms with Crippen LogP contribution in [0.5, 0.6) is 11.5 Å². The molecule has 0 heterocycles.